The molecular weight excluding hydrogens is 407 g/mol. The second-order valence-electron chi connectivity index (χ2n) is 7.05. The number of nitrogens with zero attached hydrogens (tertiary/aromatic N) is 1. The van der Waals surface area contributed by atoms with Crippen LogP contribution in [0.3, 0.4) is 0 Å². The maximum absolute atomic E-state index is 11.2. The second-order valence-corrected chi connectivity index (χ2v) is 7.05. The van der Waals surface area contributed by atoms with Gasteiger partial charge in [0.05, 0.1) is 12.8 Å². The number of amides is 1. The molecule has 3 atom stereocenters. The van der Waals surface area contributed by atoms with Crippen molar-refractivity contribution in [3.63, 3.8) is 0 Å². The Labute approximate surface area is 172 Å². The lowest BCUT2D eigenvalue weighted by atomic mass is 10.1. The van der Waals surface area contributed by atoms with Gasteiger partial charge in [-0.3, -0.25) is 4.98 Å². The van der Waals surface area contributed by atoms with Crippen LogP contribution in [0.4, 0.5) is 18.0 Å². The molecule has 30 heavy (non-hydrogen) atoms. The molecule has 2 aliphatic rings. The maximum Gasteiger partial charge on any atom is 0.490 e. The molecular formula is C19H26F3N3O5. The van der Waals surface area contributed by atoms with Gasteiger partial charge in [0.2, 0.25) is 0 Å². The lowest BCUT2D eigenvalue weighted by Crippen LogP contribution is -2.46. The zero-order valence-corrected chi connectivity index (χ0v) is 16.6. The van der Waals surface area contributed by atoms with Crippen LogP contribution in [0.2, 0.25) is 0 Å². The summed E-state index contributed by atoms with van der Waals surface area (Å²) in [6.07, 6.45) is 1.61. The first-order valence-electron chi connectivity index (χ1n) is 9.72. The molecule has 3 N–H and O–H groups in total. The van der Waals surface area contributed by atoms with Gasteiger partial charge in [0.25, 0.3) is 0 Å². The fourth-order valence-corrected chi connectivity index (χ4v) is 2.92. The van der Waals surface area contributed by atoms with Crippen LogP contribution in [0.25, 0.3) is 0 Å². The standard InChI is InChI=1S/C17H25N3O3.C2HF3O2/c1-2-22-17(21)20-5-3-12-8-16(12)13-7-15(10-18-9-13)23-11-14-4-6-19-14;3-2(4,5)1(6)7/h7,9-10,12,14,16,19H,2-6,8,11H2,1H3,(H,20,21);(H,6,7)/t12-,14-,16-;/m0./s1. The Morgan fingerprint density at radius 3 is 2.63 bits per heavy atom. The van der Waals surface area contributed by atoms with Crippen molar-refractivity contribution in [1.82, 2.24) is 15.6 Å². The summed E-state index contributed by atoms with van der Waals surface area (Å²) in [5.41, 5.74) is 1.24. The summed E-state index contributed by atoms with van der Waals surface area (Å²) in [5, 5.41) is 13.2. The van der Waals surface area contributed by atoms with Crippen molar-refractivity contribution in [2.24, 2.45) is 5.92 Å². The quantitative estimate of drug-likeness (QED) is 0.578. The van der Waals surface area contributed by atoms with Crippen LogP contribution in [-0.2, 0) is 9.53 Å². The Morgan fingerprint density at radius 2 is 2.07 bits per heavy atom. The molecule has 0 unspecified atom stereocenters. The first-order valence-corrected chi connectivity index (χ1v) is 9.72. The number of carbonyl (C=O) groups excluding carboxylic acids is 1. The molecule has 168 valence electrons. The Balaban J connectivity index is 0.000000396. The van der Waals surface area contributed by atoms with Crippen molar-refractivity contribution in [1.29, 1.82) is 0 Å². The number of carboxylic acids is 1. The van der Waals surface area contributed by atoms with E-state index in [0.29, 0.717) is 37.6 Å². The number of hydrogen-bond donors (Lipinski definition) is 3. The normalized spacial score (nSPS) is 22.1. The molecule has 2 fully saturated rings. The van der Waals surface area contributed by atoms with Gasteiger partial charge >= 0.3 is 18.2 Å². The molecule has 8 nitrogen and oxygen atoms in total. The zero-order valence-electron chi connectivity index (χ0n) is 16.6. The zero-order chi connectivity index (χ0) is 22.1. The van der Waals surface area contributed by atoms with Crippen molar-refractivity contribution >= 4 is 12.1 Å². The van der Waals surface area contributed by atoms with Gasteiger partial charge in [-0.1, -0.05) is 0 Å². The molecule has 1 saturated heterocycles. The monoisotopic (exact) mass is 433 g/mol. The van der Waals surface area contributed by atoms with E-state index in [9.17, 15) is 18.0 Å². The van der Waals surface area contributed by atoms with E-state index in [2.05, 4.69) is 21.7 Å². The average molecular weight is 433 g/mol. The summed E-state index contributed by atoms with van der Waals surface area (Å²) in [5.74, 6) is -0.752. The van der Waals surface area contributed by atoms with E-state index in [-0.39, 0.29) is 6.09 Å². The summed E-state index contributed by atoms with van der Waals surface area (Å²) in [6, 6.07) is 2.59. The third kappa shape index (κ3) is 8.05. The first kappa shape index (κ1) is 23.7. The molecule has 0 spiro atoms. The number of carboxylic acid groups (broad SMARTS) is 1. The van der Waals surface area contributed by atoms with Crippen LogP contribution in [0.5, 0.6) is 5.75 Å². The van der Waals surface area contributed by atoms with Crippen LogP contribution < -0.4 is 15.4 Å². The summed E-state index contributed by atoms with van der Waals surface area (Å²) in [6.45, 7) is 4.68. The molecule has 3 rings (SSSR count). The SMILES string of the molecule is CCOC(=O)NCC[C@H]1C[C@@H]1c1cncc(OC[C@@H]2CCN2)c1.O=C(O)C(F)(F)F. The van der Waals surface area contributed by atoms with Crippen LogP contribution in [0.1, 0.15) is 37.7 Å². The molecule has 0 aromatic carbocycles. The first-order chi connectivity index (χ1) is 14.2. The predicted octanol–water partition coefficient (Wildman–Crippen LogP) is 2.70. The van der Waals surface area contributed by atoms with E-state index < -0.39 is 12.1 Å². The van der Waals surface area contributed by atoms with Gasteiger partial charge in [0.15, 0.2) is 0 Å². The minimum absolute atomic E-state index is 0.327. The Bertz CT molecular complexity index is 713. The van der Waals surface area contributed by atoms with Gasteiger partial charge in [0.1, 0.15) is 12.4 Å². The van der Waals surface area contributed by atoms with E-state index in [4.69, 9.17) is 19.4 Å². The van der Waals surface area contributed by atoms with Gasteiger partial charge in [-0.25, -0.2) is 9.59 Å². The van der Waals surface area contributed by atoms with Crippen LogP contribution >= 0.6 is 0 Å². The van der Waals surface area contributed by atoms with Gasteiger partial charge in [-0.05, 0) is 56.2 Å². The number of alkyl carbamates (subject to hydrolysis) is 1. The Kier molecular flexibility index (Phi) is 8.70. The number of nitrogens with one attached hydrogen (secondary N) is 2. The summed E-state index contributed by atoms with van der Waals surface area (Å²) in [4.78, 5) is 24.4. The number of aromatic nitrogens is 1. The van der Waals surface area contributed by atoms with Gasteiger partial charge < -0.3 is 25.2 Å². The van der Waals surface area contributed by atoms with Crippen molar-refractivity contribution in [2.75, 3.05) is 26.3 Å². The van der Waals surface area contributed by atoms with Crippen molar-refractivity contribution < 1.29 is 37.3 Å². The fraction of sp³-hybridized carbons (Fsp3) is 0.632. The predicted molar refractivity (Wildman–Crippen MR) is 100 cm³/mol. The number of alkyl halides is 3. The van der Waals surface area contributed by atoms with E-state index in [0.717, 1.165) is 25.1 Å². The summed E-state index contributed by atoms with van der Waals surface area (Å²) >= 11 is 0. The van der Waals surface area contributed by atoms with Gasteiger partial charge in [-0.15, -0.1) is 0 Å². The average Bonchev–Trinajstić information content (AvgIpc) is 3.40. The van der Waals surface area contributed by atoms with Crippen LogP contribution in [0.15, 0.2) is 18.5 Å². The lowest BCUT2D eigenvalue weighted by Gasteiger charge is -2.27. The highest BCUT2D eigenvalue weighted by atomic mass is 19.4. The third-order valence-electron chi connectivity index (χ3n) is 4.76. The highest BCUT2D eigenvalue weighted by Crippen LogP contribution is 2.49. The highest BCUT2D eigenvalue weighted by Gasteiger charge is 2.38. The topological polar surface area (TPSA) is 110 Å². The summed E-state index contributed by atoms with van der Waals surface area (Å²) in [7, 11) is 0. The largest absolute Gasteiger partial charge is 0.490 e. The van der Waals surface area contributed by atoms with E-state index in [1.165, 1.54) is 12.0 Å². The lowest BCUT2D eigenvalue weighted by molar-refractivity contribution is -0.192. The second kappa shape index (κ2) is 11.0. The number of hydrogen-bond acceptors (Lipinski definition) is 6. The molecule has 1 aromatic heterocycles. The smallest absolute Gasteiger partial charge is 0.490 e. The van der Waals surface area contributed by atoms with Crippen molar-refractivity contribution in [2.45, 2.75) is 44.3 Å². The molecule has 0 bridgehead atoms. The minimum Gasteiger partial charge on any atom is -0.490 e. The molecule has 1 amide bonds. The number of aliphatic carboxylic acids is 1. The third-order valence-corrected chi connectivity index (χ3v) is 4.76. The molecule has 11 heteroatoms. The van der Waals surface area contributed by atoms with Crippen molar-refractivity contribution in [3.05, 3.63) is 24.0 Å². The Morgan fingerprint density at radius 1 is 1.37 bits per heavy atom. The van der Waals surface area contributed by atoms with Gasteiger partial charge in [-0.2, -0.15) is 13.2 Å². The number of ether oxygens (including phenoxy) is 2. The highest BCUT2D eigenvalue weighted by molar-refractivity contribution is 5.73. The molecule has 1 aromatic rings. The van der Waals surface area contributed by atoms with Gasteiger partial charge in [0, 0.05) is 18.8 Å². The Hall–Kier alpha value is -2.56. The van der Waals surface area contributed by atoms with Crippen molar-refractivity contribution in [3.8, 4) is 5.75 Å². The number of rotatable bonds is 8. The summed E-state index contributed by atoms with van der Waals surface area (Å²) < 4.78 is 42.4. The number of pyridine rings is 1. The molecule has 1 aliphatic heterocycles. The number of halogens is 3. The van der Waals surface area contributed by atoms with E-state index in [1.54, 1.807) is 13.1 Å². The molecule has 1 saturated carbocycles. The maximum atomic E-state index is 11.2. The minimum atomic E-state index is -5.08. The van der Waals surface area contributed by atoms with Crippen LogP contribution in [-0.4, -0.2) is 60.7 Å². The fourth-order valence-electron chi connectivity index (χ4n) is 2.92. The molecule has 1 aliphatic carbocycles. The van der Waals surface area contributed by atoms with E-state index in [1.807, 2.05) is 6.20 Å². The number of carbonyl (C=O) groups is 2. The molecule has 0 radical (unpaired) electrons. The van der Waals surface area contributed by atoms with Crippen LogP contribution in [0, 0.1) is 5.92 Å². The molecule has 2 heterocycles. The van der Waals surface area contributed by atoms with E-state index >= 15 is 0 Å².